The topological polar surface area (TPSA) is 62.1 Å². The molecule has 0 radical (unpaired) electrons. The summed E-state index contributed by atoms with van der Waals surface area (Å²) in [4.78, 5) is 13.4. The Labute approximate surface area is 157 Å². The molecule has 1 aromatic heterocycles. The largest absolute Gasteiger partial charge is 0.483 e. The Bertz CT molecular complexity index is 829. The lowest BCUT2D eigenvalue weighted by Gasteiger charge is -2.09. The second-order valence-electron chi connectivity index (χ2n) is 5.44. The Morgan fingerprint density at radius 2 is 2.21 bits per heavy atom. The number of benzene rings is 1. The average Bonchev–Trinajstić information content (AvgIpc) is 2.90. The van der Waals surface area contributed by atoms with Gasteiger partial charge in [-0.05, 0) is 65.4 Å². The summed E-state index contributed by atoms with van der Waals surface area (Å²) in [5.41, 5.74) is 1.71. The van der Waals surface area contributed by atoms with Gasteiger partial charge in [0.1, 0.15) is 16.8 Å². The fraction of sp³-hybridized carbons (Fsp3) is 0.294. The van der Waals surface area contributed by atoms with Crippen molar-refractivity contribution in [2.45, 2.75) is 25.7 Å². The normalized spacial score (nSPS) is 13.0. The van der Waals surface area contributed by atoms with Gasteiger partial charge in [-0.1, -0.05) is 11.6 Å². The number of amides is 1. The minimum Gasteiger partial charge on any atom is -0.483 e. The van der Waals surface area contributed by atoms with E-state index < -0.39 is 0 Å². The third-order valence-electron chi connectivity index (χ3n) is 3.79. The number of anilines is 1. The Morgan fingerprint density at radius 3 is 2.96 bits per heavy atom. The van der Waals surface area contributed by atoms with Gasteiger partial charge in [0, 0.05) is 9.90 Å². The quantitative estimate of drug-likeness (QED) is 0.755. The lowest BCUT2D eigenvalue weighted by atomic mass is 9.96. The molecule has 0 spiro atoms. The van der Waals surface area contributed by atoms with E-state index in [1.807, 2.05) is 0 Å². The van der Waals surface area contributed by atoms with Crippen molar-refractivity contribution in [1.82, 2.24) is 0 Å². The number of carbonyl (C=O) groups excluding carboxylic acids is 1. The summed E-state index contributed by atoms with van der Waals surface area (Å²) in [6.07, 6.45) is 4.14. The molecule has 124 valence electrons. The van der Waals surface area contributed by atoms with Gasteiger partial charge in [-0.15, -0.1) is 11.3 Å². The van der Waals surface area contributed by atoms with E-state index in [0.717, 1.165) is 31.2 Å². The highest BCUT2D eigenvalue weighted by Crippen LogP contribution is 2.37. The molecule has 1 amide bonds. The lowest BCUT2D eigenvalue weighted by Crippen LogP contribution is -2.20. The minimum absolute atomic E-state index is 0.131. The van der Waals surface area contributed by atoms with Gasteiger partial charge in [0.05, 0.1) is 10.0 Å². The molecule has 0 saturated heterocycles. The van der Waals surface area contributed by atoms with Crippen molar-refractivity contribution in [2.24, 2.45) is 0 Å². The number of hydrogen-bond acceptors (Lipinski definition) is 4. The Hall–Kier alpha value is -1.55. The van der Waals surface area contributed by atoms with Crippen LogP contribution in [-0.2, 0) is 17.6 Å². The van der Waals surface area contributed by atoms with E-state index in [2.05, 4.69) is 27.3 Å². The van der Waals surface area contributed by atoms with E-state index in [1.165, 1.54) is 16.2 Å². The zero-order valence-corrected chi connectivity index (χ0v) is 15.9. The number of ether oxygens (including phenoxy) is 1. The number of halogens is 2. The van der Waals surface area contributed by atoms with Gasteiger partial charge in [-0.25, -0.2) is 0 Å². The first-order valence-corrected chi connectivity index (χ1v) is 9.49. The van der Waals surface area contributed by atoms with Crippen LogP contribution in [0.4, 0.5) is 5.00 Å². The van der Waals surface area contributed by atoms with Crippen LogP contribution in [0, 0.1) is 11.3 Å². The molecule has 24 heavy (non-hydrogen) atoms. The SMILES string of the molecule is N#Cc1c(NC(=O)COc2ccc(Cl)cc2Br)sc2c1CCCC2. The van der Waals surface area contributed by atoms with Gasteiger partial charge in [0.15, 0.2) is 6.61 Å². The molecule has 1 aliphatic rings. The van der Waals surface area contributed by atoms with Crippen LogP contribution in [0.15, 0.2) is 22.7 Å². The number of rotatable bonds is 4. The number of fused-ring (bicyclic) bond motifs is 1. The van der Waals surface area contributed by atoms with E-state index in [4.69, 9.17) is 16.3 Å². The molecule has 1 N–H and O–H groups in total. The molecule has 0 atom stereocenters. The van der Waals surface area contributed by atoms with E-state index in [-0.39, 0.29) is 12.5 Å². The fourth-order valence-electron chi connectivity index (χ4n) is 2.67. The number of nitriles is 1. The first-order chi connectivity index (χ1) is 11.6. The van der Waals surface area contributed by atoms with Gasteiger partial charge in [0.25, 0.3) is 5.91 Å². The van der Waals surface area contributed by atoms with E-state index in [9.17, 15) is 10.1 Å². The van der Waals surface area contributed by atoms with Crippen molar-refractivity contribution in [3.8, 4) is 11.8 Å². The van der Waals surface area contributed by atoms with Crippen LogP contribution in [0.5, 0.6) is 5.75 Å². The monoisotopic (exact) mass is 424 g/mol. The molecule has 1 heterocycles. The summed E-state index contributed by atoms with van der Waals surface area (Å²) in [7, 11) is 0. The van der Waals surface area contributed by atoms with Crippen LogP contribution >= 0.6 is 38.9 Å². The van der Waals surface area contributed by atoms with E-state index in [0.29, 0.717) is 25.8 Å². The molecule has 2 aromatic rings. The second kappa shape index (κ2) is 7.56. The molecule has 0 saturated carbocycles. The number of nitrogens with zero attached hydrogens (tertiary/aromatic N) is 1. The molecule has 0 aliphatic heterocycles. The summed E-state index contributed by atoms with van der Waals surface area (Å²) in [5, 5.41) is 13.4. The molecular weight excluding hydrogens is 412 g/mol. The number of thiophene rings is 1. The molecule has 3 rings (SSSR count). The molecule has 1 aromatic carbocycles. The number of carbonyl (C=O) groups is 1. The summed E-state index contributed by atoms with van der Waals surface area (Å²) in [5.74, 6) is 0.257. The molecule has 7 heteroatoms. The number of nitrogens with one attached hydrogen (secondary N) is 1. The predicted molar refractivity (Wildman–Crippen MR) is 99.0 cm³/mol. The molecule has 0 fully saturated rings. The van der Waals surface area contributed by atoms with Crippen molar-refractivity contribution >= 4 is 49.8 Å². The van der Waals surface area contributed by atoms with Gasteiger partial charge >= 0.3 is 0 Å². The predicted octanol–water partition coefficient (Wildman–Crippen LogP) is 4.93. The maximum absolute atomic E-state index is 12.2. The zero-order valence-electron chi connectivity index (χ0n) is 12.7. The van der Waals surface area contributed by atoms with Gasteiger partial charge in [-0.2, -0.15) is 5.26 Å². The Kier molecular flexibility index (Phi) is 5.44. The number of hydrogen-bond donors (Lipinski definition) is 1. The first-order valence-electron chi connectivity index (χ1n) is 7.51. The van der Waals surface area contributed by atoms with Crippen LogP contribution in [-0.4, -0.2) is 12.5 Å². The minimum atomic E-state index is -0.285. The molecule has 1 aliphatic carbocycles. The Morgan fingerprint density at radius 1 is 1.42 bits per heavy atom. The highest BCUT2D eigenvalue weighted by molar-refractivity contribution is 9.10. The second-order valence-corrected chi connectivity index (χ2v) is 7.83. The van der Waals surface area contributed by atoms with Crippen LogP contribution in [0.1, 0.15) is 28.8 Å². The van der Waals surface area contributed by atoms with Gasteiger partial charge in [0.2, 0.25) is 0 Å². The summed E-state index contributed by atoms with van der Waals surface area (Å²) < 4.78 is 6.19. The van der Waals surface area contributed by atoms with Crippen molar-refractivity contribution in [3.63, 3.8) is 0 Å². The summed E-state index contributed by atoms with van der Waals surface area (Å²) in [6, 6.07) is 7.33. The highest BCUT2D eigenvalue weighted by atomic mass is 79.9. The highest BCUT2D eigenvalue weighted by Gasteiger charge is 2.21. The molecular formula is C17H14BrClN2O2S. The Balaban J connectivity index is 1.67. The zero-order chi connectivity index (χ0) is 17.1. The van der Waals surface area contributed by atoms with Crippen molar-refractivity contribution in [1.29, 1.82) is 5.26 Å². The van der Waals surface area contributed by atoms with Crippen LogP contribution < -0.4 is 10.1 Å². The summed E-state index contributed by atoms with van der Waals surface area (Å²) >= 11 is 10.7. The van der Waals surface area contributed by atoms with Crippen molar-refractivity contribution in [3.05, 3.63) is 43.7 Å². The van der Waals surface area contributed by atoms with Crippen LogP contribution in [0.2, 0.25) is 5.02 Å². The molecule has 0 unspecified atom stereocenters. The standard InChI is InChI=1S/C17H14BrClN2O2S/c18-13-7-10(19)5-6-14(13)23-9-16(22)21-17-12(8-20)11-3-1-2-4-15(11)24-17/h5-7H,1-4,9H2,(H,21,22). The fourth-order valence-corrected chi connectivity index (χ4v) is 4.72. The van der Waals surface area contributed by atoms with E-state index >= 15 is 0 Å². The molecule has 0 bridgehead atoms. The van der Waals surface area contributed by atoms with Crippen LogP contribution in [0.25, 0.3) is 0 Å². The van der Waals surface area contributed by atoms with Crippen molar-refractivity contribution < 1.29 is 9.53 Å². The van der Waals surface area contributed by atoms with E-state index in [1.54, 1.807) is 18.2 Å². The maximum atomic E-state index is 12.2. The third kappa shape index (κ3) is 3.75. The summed E-state index contributed by atoms with van der Waals surface area (Å²) in [6.45, 7) is -0.131. The third-order valence-corrected chi connectivity index (χ3v) is 5.85. The maximum Gasteiger partial charge on any atom is 0.262 e. The van der Waals surface area contributed by atoms with Crippen LogP contribution in [0.3, 0.4) is 0 Å². The smallest absolute Gasteiger partial charge is 0.262 e. The van der Waals surface area contributed by atoms with Crippen molar-refractivity contribution in [2.75, 3.05) is 11.9 Å². The first kappa shape index (κ1) is 17.3. The van der Waals surface area contributed by atoms with Gasteiger partial charge in [-0.3, -0.25) is 4.79 Å². The molecule has 4 nitrogen and oxygen atoms in total. The average molecular weight is 426 g/mol. The number of aryl methyl sites for hydroxylation is 1. The van der Waals surface area contributed by atoms with Gasteiger partial charge < -0.3 is 10.1 Å². The lowest BCUT2D eigenvalue weighted by molar-refractivity contribution is -0.118.